The van der Waals surface area contributed by atoms with Crippen molar-refractivity contribution < 1.29 is 93.6 Å². The summed E-state index contributed by atoms with van der Waals surface area (Å²) in [5, 5.41) is 56.0. The van der Waals surface area contributed by atoms with Crippen LogP contribution in [0.15, 0.2) is 12.2 Å². The Hall–Kier alpha value is -1.70. The molecule has 0 fully saturated rings. The fraction of sp³-hybridized carbons (Fsp3) is 0.300. The van der Waals surface area contributed by atoms with Gasteiger partial charge in [0.2, 0.25) is 0 Å². The molecule has 0 rings (SSSR count). The van der Waals surface area contributed by atoms with E-state index in [-0.39, 0.29) is 39.0 Å². The Morgan fingerprint density at radius 1 is 0.783 bits per heavy atom. The van der Waals surface area contributed by atoms with Crippen LogP contribution in [0.3, 0.4) is 0 Å². The standard InChI is InChI=1S/C6H8O7.C4H4O4.2Zn/c7-3(8)1-6(13,5(11)12)2-4(9)10;5-3(6)1-2-4(7)8;;/h13H,1-2H2,(H,7,8)(H,9,10)(H,11,12);1-2H,(H,5,6)(H,7,8);;/q;;2*+2/p-4. The molecule has 118 valence electrons. The SMILES string of the molecule is O=C([O-])C=CC(=O)[O-].O=C([O-])CC(O)(CC(=O)[O-])C(=O)O.[Zn+2].[Zn+2]. The number of hydrogen-bond acceptors (Lipinski definition) is 10. The molecule has 2 N–H and O–H groups in total. The molecule has 0 aromatic rings. The average Bonchev–Trinajstić information content (AvgIpc) is 2.24. The molecule has 13 heteroatoms. The Morgan fingerprint density at radius 3 is 1.17 bits per heavy atom. The van der Waals surface area contributed by atoms with Crippen LogP contribution in [0.2, 0.25) is 0 Å². The molecule has 0 amide bonds. The van der Waals surface area contributed by atoms with Crippen molar-refractivity contribution in [2.75, 3.05) is 0 Å². The maximum absolute atomic E-state index is 10.3. The van der Waals surface area contributed by atoms with E-state index in [1.165, 1.54) is 0 Å². The van der Waals surface area contributed by atoms with Crippen LogP contribution in [0.1, 0.15) is 12.8 Å². The number of aliphatic hydroxyl groups is 1. The summed E-state index contributed by atoms with van der Waals surface area (Å²) in [6, 6.07) is 0. The first-order valence-electron chi connectivity index (χ1n) is 4.86. The van der Waals surface area contributed by atoms with Gasteiger partial charge >= 0.3 is 44.9 Å². The van der Waals surface area contributed by atoms with Gasteiger partial charge in [-0.05, 0) is 12.2 Å². The largest absolute Gasteiger partial charge is 2.00 e. The Balaban J connectivity index is -0.000000158. The molecule has 0 unspecified atom stereocenters. The second kappa shape index (κ2) is 13.9. The quantitative estimate of drug-likeness (QED) is 0.283. The van der Waals surface area contributed by atoms with Gasteiger partial charge in [-0.3, -0.25) is 0 Å². The molecule has 0 atom stereocenters. The molecular weight excluding hydrogens is 427 g/mol. The number of rotatable bonds is 7. The van der Waals surface area contributed by atoms with Gasteiger partial charge in [0.25, 0.3) is 0 Å². The fourth-order valence-electron chi connectivity index (χ4n) is 0.827. The van der Waals surface area contributed by atoms with Crippen molar-refractivity contribution in [1.82, 2.24) is 0 Å². The van der Waals surface area contributed by atoms with Crippen LogP contribution in [-0.4, -0.2) is 45.7 Å². The van der Waals surface area contributed by atoms with E-state index >= 15 is 0 Å². The van der Waals surface area contributed by atoms with E-state index in [1.807, 2.05) is 0 Å². The summed E-state index contributed by atoms with van der Waals surface area (Å²) in [6.07, 6.45) is -1.82. The minimum Gasteiger partial charge on any atom is -0.550 e. The van der Waals surface area contributed by atoms with E-state index in [1.54, 1.807) is 0 Å². The topological polar surface area (TPSA) is 218 Å². The molecule has 0 aromatic heterocycles. The van der Waals surface area contributed by atoms with Gasteiger partial charge < -0.3 is 49.8 Å². The Labute approximate surface area is 154 Å². The number of carboxylic acid groups (broad SMARTS) is 5. The predicted octanol–water partition coefficient (Wildman–Crippen LogP) is -6.88. The summed E-state index contributed by atoms with van der Waals surface area (Å²) in [5.74, 6) is -8.75. The van der Waals surface area contributed by atoms with Crippen molar-refractivity contribution in [1.29, 1.82) is 0 Å². The zero-order valence-electron chi connectivity index (χ0n) is 11.6. The number of carboxylic acids is 5. The third-order valence-corrected chi connectivity index (χ3v) is 1.63. The predicted molar refractivity (Wildman–Crippen MR) is 51.0 cm³/mol. The van der Waals surface area contributed by atoms with Crippen LogP contribution in [0.5, 0.6) is 0 Å². The number of carbonyl (C=O) groups is 5. The van der Waals surface area contributed by atoms with E-state index in [2.05, 4.69) is 0 Å². The summed E-state index contributed by atoms with van der Waals surface area (Å²) in [7, 11) is 0. The zero-order valence-corrected chi connectivity index (χ0v) is 17.5. The first kappa shape index (κ1) is 29.3. The summed E-state index contributed by atoms with van der Waals surface area (Å²) in [6.45, 7) is 0. The maximum Gasteiger partial charge on any atom is 2.00 e. The van der Waals surface area contributed by atoms with Gasteiger partial charge in [0.1, 0.15) is 0 Å². The van der Waals surface area contributed by atoms with Crippen LogP contribution in [-0.2, 0) is 62.9 Å². The van der Waals surface area contributed by atoms with Crippen molar-refractivity contribution in [3.63, 3.8) is 0 Å². The maximum atomic E-state index is 10.3. The van der Waals surface area contributed by atoms with E-state index < -0.39 is 48.3 Å². The smallest absolute Gasteiger partial charge is 0.550 e. The third-order valence-electron chi connectivity index (χ3n) is 1.63. The first-order chi connectivity index (χ1) is 9.40. The molecule has 0 aromatic carbocycles. The Morgan fingerprint density at radius 2 is 1.04 bits per heavy atom. The average molecular weight is 435 g/mol. The minimum absolute atomic E-state index is 0. The van der Waals surface area contributed by atoms with E-state index in [4.69, 9.17) is 10.2 Å². The van der Waals surface area contributed by atoms with E-state index in [0.717, 1.165) is 0 Å². The normalized spacial score (nSPS) is 9.43. The second-order valence-corrected chi connectivity index (χ2v) is 3.41. The van der Waals surface area contributed by atoms with Gasteiger partial charge in [0.15, 0.2) is 5.60 Å². The van der Waals surface area contributed by atoms with Crippen LogP contribution >= 0.6 is 0 Å². The number of aliphatic carboxylic acids is 5. The van der Waals surface area contributed by atoms with Crippen molar-refractivity contribution in [2.45, 2.75) is 18.4 Å². The van der Waals surface area contributed by atoms with Crippen molar-refractivity contribution in [2.24, 2.45) is 0 Å². The second-order valence-electron chi connectivity index (χ2n) is 3.41. The van der Waals surface area contributed by atoms with E-state index in [0.29, 0.717) is 12.2 Å². The molecule has 11 nitrogen and oxygen atoms in total. The Bertz CT molecular complexity index is 439. The molecule has 0 saturated carbocycles. The molecule has 0 bridgehead atoms. The molecule has 0 saturated heterocycles. The minimum atomic E-state index is -2.86. The van der Waals surface area contributed by atoms with E-state index in [9.17, 15) is 44.4 Å². The summed E-state index contributed by atoms with van der Waals surface area (Å²) < 4.78 is 0. The van der Waals surface area contributed by atoms with Crippen LogP contribution < -0.4 is 20.4 Å². The van der Waals surface area contributed by atoms with Crippen molar-refractivity contribution in [3.8, 4) is 0 Å². The van der Waals surface area contributed by atoms with Crippen LogP contribution in [0.4, 0.5) is 0 Å². The van der Waals surface area contributed by atoms with Gasteiger partial charge in [-0.15, -0.1) is 0 Å². The zero-order chi connectivity index (χ0) is 17.2. The molecule has 0 heterocycles. The van der Waals surface area contributed by atoms with Crippen molar-refractivity contribution >= 4 is 29.8 Å². The van der Waals surface area contributed by atoms with Crippen molar-refractivity contribution in [3.05, 3.63) is 12.2 Å². The molecule has 0 aliphatic rings. The fourth-order valence-corrected chi connectivity index (χ4v) is 0.827. The molecule has 0 spiro atoms. The van der Waals surface area contributed by atoms with Gasteiger partial charge in [-0.1, -0.05) is 0 Å². The van der Waals surface area contributed by atoms with Crippen LogP contribution in [0.25, 0.3) is 0 Å². The monoisotopic (exact) mass is 432 g/mol. The summed E-state index contributed by atoms with van der Waals surface area (Å²) in [5.41, 5.74) is -2.86. The first-order valence-corrected chi connectivity index (χ1v) is 4.86. The van der Waals surface area contributed by atoms with Gasteiger partial charge in [-0.25, -0.2) is 4.79 Å². The molecule has 23 heavy (non-hydrogen) atoms. The molecule has 0 aliphatic carbocycles. The Kier molecular flexibility index (Phi) is 17.8. The third kappa shape index (κ3) is 18.2. The number of carbonyl (C=O) groups excluding carboxylic acids is 4. The van der Waals surface area contributed by atoms with Gasteiger partial charge in [0.05, 0.1) is 11.9 Å². The van der Waals surface area contributed by atoms with Crippen LogP contribution in [0, 0.1) is 0 Å². The molecule has 0 aliphatic heterocycles. The molecule has 0 radical (unpaired) electrons. The van der Waals surface area contributed by atoms with Gasteiger partial charge in [-0.2, -0.15) is 0 Å². The molecular formula is C10H8O11Zn2. The van der Waals surface area contributed by atoms with Gasteiger partial charge in [0, 0.05) is 24.8 Å². The number of hydrogen-bond donors (Lipinski definition) is 2. The summed E-state index contributed by atoms with van der Waals surface area (Å²) in [4.78, 5) is 49.0. The summed E-state index contributed by atoms with van der Waals surface area (Å²) >= 11 is 0.